The van der Waals surface area contributed by atoms with E-state index in [2.05, 4.69) is 19.9 Å². The molecular formula is C9H7ClN4OS. The van der Waals surface area contributed by atoms with Crippen LogP contribution in [0.1, 0.15) is 5.56 Å². The number of rotatable bonds is 2. The number of aromatic nitrogens is 4. The van der Waals surface area contributed by atoms with Crippen LogP contribution in [-0.4, -0.2) is 19.9 Å². The van der Waals surface area contributed by atoms with Gasteiger partial charge in [0.05, 0.1) is 0 Å². The Labute approximate surface area is 100 Å². The quantitative estimate of drug-likeness (QED) is 0.652. The number of H-pyrrole nitrogens is 1. The van der Waals surface area contributed by atoms with Crippen LogP contribution in [-0.2, 0) is 0 Å². The second kappa shape index (κ2) is 4.63. The van der Waals surface area contributed by atoms with Gasteiger partial charge < -0.3 is 4.98 Å². The van der Waals surface area contributed by atoms with Gasteiger partial charge in [0.2, 0.25) is 0 Å². The Morgan fingerprint density at radius 1 is 1.38 bits per heavy atom. The molecule has 1 N–H and O–H groups in total. The summed E-state index contributed by atoms with van der Waals surface area (Å²) in [6.45, 7) is 1.81. The zero-order valence-electron chi connectivity index (χ0n) is 8.27. The average molecular weight is 255 g/mol. The van der Waals surface area contributed by atoms with Crippen molar-refractivity contribution < 1.29 is 0 Å². The van der Waals surface area contributed by atoms with Gasteiger partial charge in [0.1, 0.15) is 16.5 Å². The van der Waals surface area contributed by atoms with Crippen LogP contribution in [0, 0.1) is 6.92 Å². The SMILES string of the molecule is Cc1c(Cl)ncnc1Sc1nccc(=O)[nH]1. The van der Waals surface area contributed by atoms with Crippen molar-refractivity contribution in [3.05, 3.63) is 39.7 Å². The average Bonchev–Trinajstić information content (AvgIpc) is 2.25. The Morgan fingerprint density at radius 3 is 2.94 bits per heavy atom. The summed E-state index contributed by atoms with van der Waals surface area (Å²) in [6, 6.07) is 1.35. The Morgan fingerprint density at radius 2 is 2.19 bits per heavy atom. The van der Waals surface area contributed by atoms with Crippen molar-refractivity contribution in [1.29, 1.82) is 0 Å². The number of halogens is 1. The van der Waals surface area contributed by atoms with Crippen LogP contribution in [0.25, 0.3) is 0 Å². The number of nitrogens with zero attached hydrogens (tertiary/aromatic N) is 3. The molecule has 82 valence electrons. The highest BCUT2D eigenvalue weighted by atomic mass is 35.5. The summed E-state index contributed by atoms with van der Waals surface area (Å²) >= 11 is 7.09. The highest BCUT2D eigenvalue weighted by Crippen LogP contribution is 2.27. The number of nitrogens with one attached hydrogen (secondary N) is 1. The summed E-state index contributed by atoms with van der Waals surface area (Å²) in [6.07, 6.45) is 2.82. The molecule has 0 unspecified atom stereocenters. The number of hydrogen-bond donors (Lipinski definition) is 1. The van der Waals surface area contributed by atoms with Crippen molar-refractivity contribution >= 4 is 23.4 Å². The maximum absolute atomic E-state index is 11.1. The molecule has 0 radical (unpaired) electrons. The third-order valence-electron chi connectivity index (χ3n) is 1.82. The summed E-state index contributed by atoms with van der Waals surface area (Å²) in [7, 11) is 0. The molecule has 2 aromatic rings. The lowest BCUT2D eigenvalue weighted by atomic mass is 10.4. The highest BCUT2D eigenvalue weighted by molar-refractivity contribution is 7.99. The van der Waals surface area contributed by atoms with Crippen molar-refractivity contribution in [3.63, 3.8) is 0 Å². The van der Waals surface area contributed by atoms with Gasteiger partial charge in [0, 0.05) is 17.8 Å². The first-order valence-electron chi connectivity index (χ1n) is 4.37. The maximum atomic E-state index is 11.1. The van der Waals surface area contributed by atoms with E-state index in [1.165, 1.54) is 30.4 Å². The van der Waals surface area contributed by atoms with Crippen LogP contribution in [0.3, 0.4) is 0 Å². The predicted molar refractivity (Wildman–Crippen MR) is 60.8 cm³/mol. The van der Waals surface area contributed by atoms with E-state index in [0.29, 0.717) is 15.3 Å². The molecule has 0 atom stereocenters. The lowest BCUT2D eigenvalue weighted by Gasteiger charge is -2.03. The van der Waals surface area contributed by atoms with Crippen LogP contribution < -0.4 is 5.56 Å². The molecule has 2 heterocycles. The topological polar surface area (TPSA) is 71.5 Å². The Kier molecular flexibility index (Phi) is 3.21. The maximum Gasteiger partial charge on any atom is 0.251 e. The Bertz CT molecular complexity index is 571. The fourth-order valence-corrected chi connectivity index (χ4v) is 2.00. The summed E-state index contributed by atoms with van der Waals surface area (Å²) in [5.41, 5.74) is 0.566. The van der Waals surface area contributed by atoms with E-state index in [9.17, 15) is 4.79 Å². The molecule has 16 heavy (non-hydrogen) atoms. The molecule has 0 saturated carbocycles. The Hall–Kier alpha value is -1.40. The molecule has 5 nitrogen and oxygen atoms in total. The summed E-state index contributed by atoms with van der Waals surface area (Å²) in [5, 5.41) is 1.55. The van der Waals surface area contributed by atoms with Gasteiger partial charge in [-0.2, -0.15) is 0 Å². The van der Waals surface area contributed by atoms with Gasteiger partial charge in [-0.05, 0) is 18.7 Å². The van der Waals surface area contributed by atoms with E-state index >= 15 is 0 Å². The third kappa shape index (κ3) is 2.40. The predicted octanol–water partition coefficient (Wildman–Crippen LogP) is 1.67. The first kappa shape index (κ1) is 11.1. The van der Waals surface area contributed by atoms with Gasteiger partial charge in [-0.15, -0.1) is 0 Å². The van der Waals surface area contributed by atoms with Crippen molar-refractivity contribution in [2.75, 3.05) is 0 Å². The first-order chi connectivity index (χ1) is 7.66. The zero-order chi connectivity index (χ0) is 11.5. The van der Waals surface area contributed by atoms with Crippen molar-refractivity contribution in [2.45, 2.75) is 17.1 Å². The van der Waals surface area contributed by atoms with E-state index in [-0.39, 0.29) is 5.56 Å². The van der Waals surface area contributed by atoms with E-state index in [4.69, 9.17) is 11.6 Å². The zero-order valence-corrected chi connectivity index (χ0v) is 9.84. The Balaban J connectivity index is 2.34. The largest absolute Gasteiger partial charge is 0.301 e. The fourth-order valence-electron chi connectivity index (χ4n) is 1.01. The van der Waals surface area contributed by atoms with Gasteiger partial charge in [-0.3, -0.25) is 4.79 Å². The van der Waals surface area contributed by atoms with Crippen LogP contribution in [0.15, 0.2) is 33.6 Å². The number of hydrogen-bond acceptors (Lipinski definition) is 5. The highest BCUT2D eigenvalue weighted by Gasteiger charge is 2.07. The van der Waals surface area contributed by atoms with E-state index < -0.39 is 0 Å². The lowest BCUT2D eigenvalue weighted by molar-refractivity contribution is 0.924. The fraction of sp³-hybridized carbons (Fsp3) is 0.111. The van der Waals surface area contributed by atoms with Gasteiger partial charge in [-0.1, -0.05) is 11.6 Å². The van der Waals surface area contributed by atoms with Crippen LogP contribution in [0.4, 0.5) is 0 Å². The summed E-state index contributed by atoms with van der Waals surface area (Å²) in [4.78, 5) is 25.6. The van der Waals surface area contributed by atoms with Crippen molar-refractivity contribution in [2.24, 2.45) is 0 Å². The minimum atomic E-state index is -0.199. The van der Waals surface area contributed by atoms with Gasteiger partial charge in [-0.25, -0.2) is 15.0 Å². The van der Waals surface area contributed by atoms with Gasteiger partial charge in [0.15, 0.2) is 5.16 Å². The molecule has 0 aliphatic carbocycles. The number of aromatic amines is 1. The van der Waals surface area contributed by atoms with Gasteiger partial charge in [0.25, 0.3) is 5.56 Å². The second-order valence-electron chi connectivity index (χ2n) is 2.94. The van der Waals surface area contributed by atoms with Crippen molar-refractivity contribution in [3.8, 4) is 0 Å². The molecule has 2 aromatic heterocycles. The van der Waals surface area contributed by atoms with Crippen LogP contribution >= 0.6 is 23.4 Å². The van der Waals surface area contributed by atoms with Gasteiger partial charge >= 0.3 is 0 Å². The summed E-state index contributed by atoms with van der Waals surface area (Å²) in [5.74, 6) is 0. The minimum Gasteiger partial charge on any atom is -0.301 e. The molecule has 0 bridgehead atoms. The van der Waals surface area contributed by atoms with E-state index in [1.807, 2.05) is 6.92 Å². The third-order valence-corrected chi connectivity index (χ3v) is 3.20. The first-order valence-corrected chi connectivity index (χ1v) is 5.56. The molecule has 7 heteroatoms. The molecule has 0 fully saturated rings. The van der Waals surface area contributed by atoms with Crippen LogP contribution in [0.2, 0.25) is 5.15 Å². The summed E-state index contributed by atoms with van der Waals surface area (Å²) < 4.78 is 0. The second-order valence-corrected chi connectivity index (χ2v) is 4.27. The minimum absolute atomic E-state index is 0.199. The van der Waals surface area contributed by atoms with E-state index in [0.717, 1.165) is 5.56 Å². The molecular weight excluding hydrogens is 248 g/mol. The van der Waals surface area contributed by atoms with E-state index in [1.54, 1.807) is 0 Å². The monoisotopic (exact) mass is 254 g/mol. The van der Waals surface area contributed by atoms with Crippen LogP contribution in [0.5, 0.6) is 0 Å². The molecule has 2 rings (SSSR count). The molecule has 0 saturated heterocycles. The molecule has 0 aliphatic rings. The molecule has 0 aromatic carbocycles. The molecule has 0 spiro atoms. The van der Waals surface area contributed by atoms with Crippen molar-refractivity contribution in [1.82, 2.24) is 19.9 Å². The standard InChI is InChI=1S/C9H7ClN4OS/c1-5-7(10)12-4-13-8(5)16-9-11-3-2-6(15)14-9/h2-4H,1H3,(H,11,14,15). The normalized spacial score (nSPS) is 10.4. The smallest absolute Gasteiger partial charge is 0.251 e. The molecule has 0 aliphatic heterocycles. The molecule has 0 amide bonds. The lowest BCUT2D eigenvalue weighted by Crippen LogP contribution is -2.05.